The Bertz CT molecular complexity index is 242. The molecule has 3 heteroatoms. The maximum absolute atomic E-state index is 10.2. The fraction of sp³-hybridized carbons (Fsp3) is 0.300. The van der Waals surface area contributed by atoms with Crippen LogP contribution in [-0.4, -0.2) is 11.1 Å². The van der Waals surface area contributed by atoms with Crippen molar-refractivity contribution in [3.63, 3.8) is 0 Å². The molecule has 1 rings (SSSR count). The van der Waals surface area contributed by atoms with Gasteiger partial charge in [-0.1, -0.05) is 18.2 Å². The fourth-order valence-electron chi connectivity index (χ4n) is 0.581. The minimum atomic E-state index is -0.879. The Morgan fingerprint density at radius 1 is 1.15 bits per heavy atom. The number of rotatable bonds is 1. The standard InChI is InChI=1S/C7H6O2.3CH3.Ag/c8-7(9)6-4-2-1-3-5-6;;;;/h1-5H,(H,8,9);3*1H3;. The van der Waals surface area contributed by atoms with Crippen LogP contribution in [0.5, 0.6) is 0 Å². The molecule has 0 saturated carbocycles. The van der Waals surface area contributed by atoms with Crippen LogP contribution in [0.15, 0.2) is 30.3 Å². The van der Waals surface area contributed by atoms with Crippen LogP contribution in [-0.2, 0) is 18.4 Å². The molecule has 1 aromatic carbocycles. The maximum atomic E-state index is 10.2. The van der Waals surface area contributed by atoms with Crippen LogP contribution in [0.25, 0.3) is 0 Å². The summed E-state index contributed by atoms with van der Waals surface area (Å²) in [6.07, 6.45) is 0. The zero-order chi connectivity index (χ0) is 10.3. The average molecular weight is 275 g/mol. The molecule has 2 nitrogen and oxygen atoms in total. The summed E-state index contributed by atoms with van der Waals surface area (Å²) in [7, 11) is 0. The van der Waals surface area contributed by atoms with E-state index in [1.165, 1.54) is 0 Å². The summed E-state index contributed by atoms with van der Waals surface area (Å²) < 4.78 is 0. The minimum absolute atomic E-state index is 0.110. The van der Waals surface area contributed by atoms with Crippen LogP contribution >= 0.6 is 0 Å². The summed E-state index contributed by atoms with van der Waals surface area (Å²) >= 11 is 0.110. The summed E-state index contributed by atoms with van der Waals surface area (Å²) in [4.78, 5) is 10.2. The molecule has 0 aliphatic rings. The van der Waals surface area contributed by atoms with Crippen molar-refractivity contribution in [2.75, 3.05) is 0 Å². The molecule has 0 heterocycles. The molecule has 0 aromatic heterocycles. The van der Waals surface area contributed by atoms with Gasteiger partial charge in [-0.2, -0.15) is 0 Å². The van der Waals surface area contributed by atoms with E-state index in [1.807, 2.05) is 0 Å². The number of aromatic carboxylic acids is 1. The van der Waals surface area contributed by atoms with Gasteiger partial charge in [-0.25, -0.2) is 4.79 Å². The monoisotopic (exact) mass is 274 g/mol. The third-order valence-electron chi connectivity index (χ3n) is 1.02. The third kappa shape index (κ3) is 7.78. The van der Waals surface area contributed by atoms with Crippen molar-refractivity contribution in [3.05, 3.63) is 35.9 Å². The second-order valence-electron chi connectivity index (χ2n) is 2.58. The molecule has 0 aliphatic heterocycles. The Hall–Kier alpha value is -0.570. The molecule has 0 amide bonds. The van der Waals surface area contributed by atoms with Crippen LogP contribution in [0, 0.1) is 0 Å². The van der Waals surface area contributed by atoms with Crippen molar-refractivity contribution in [1.82, 2.24) is 0 Å². The van der Waals surface area contributed by atoms with Crippen molar-refractivity contribution in [1.29, 1.82) is 0 Å². The third-order valence-corrected chi connectivity index (χ3v) is 1.02. The predicted octanol–water partition coefficient (Wildman–Crippen LogP) is 3.13. The molecule has 0 fully saturated rings. The SMILES string of the molecule is O=C(O)c1ccccc1.[CH3][Ag]([CH3])[CH3]. The Labute approximate surface area is 85.7 Å². The van der Waals surface area contributed by atoms with Gasteiger partial charge in [-0.3, -0.25) is 0 Å². The van der Waals surface area contributed by atoms with E-state index >= 15 is 0 Å². The fourth-order valence-corrected chi connectivity index (χ4v) is 0.581. The molecule has 0 aliphatic carbocycles. The first-order chi connectivity index (χ1) is 6.04. The van der Waals surface area contributed by atoms with E-state index in [2.05, 4.69) is 15.4 Å². The van der Waals surface area contributed by atoms with Gasteiger partial charge in [0.25, 0.3) is 0 Å². The first-order valence-electron chi connectivity index (χ1n) is 3.49. The summed E-state index contributed by atoms with van der Waals surface area (Å²) in [5.74, 6) is -0.879. The molecule has 1 N–H and O–H groups in total. The zero-order valence-corrected chi connectivity index (χ0v) is 9.53. The molecule has 0 saturated heterocycles. The van der Waals surface area contributed by atoms with Gasteiger partial charge in [0.2, 0.25) is 0 Å². The number of hydrogen-bond acceptors (Lipinski definition) is 1. The van der Waals surface area contributed by atoms with E-state index in [1.54, 1.807) is 30.3 Å². The molecule has 0 radical (unpaired) electrons. The van der Waals surface area contributed by atoms with E-state index < -0.39 is 5.97 Å². The summed E-state index contributed by atoms with van der Waals surface area (Å²) in [5, 5.41) is 15.2. The van der Waals surface area contributed by atoms with E-state index in [-0.39, 0.29) is 18.4 Å². The average Bonchev–Trinajstić information content (AvgIpc) is 2.05. The van der Waals surface area contributed by atoms with Gasteiger partial charge in [0.15, 0.2) is 0 Å². The van der Waals surface area contributed by atoms with Crippen molar-refractivity contribution in [3.8, 4) is 0 Å². The van der Waals surface area contributed by atoms with Crippen molar-refractivity contribution < 1.29 is 28.3 Å². The Morgan fingerprint density at radius 3 is 1.77 bits per heavy atom. The van der Waals surface area contributed by atoms with Gasteiger partial charge >= 0.3 is 39.8 Å². The van der Waals surface area contributed by atoms with E-state index in [9.17, 15) is 4.79 Å². The topological polar surface area (TPSA) is 37.3 Å². The second kappa shape index (κ2) is 6.89. The number of carboxylic acid groups (broad SMARTS) is 1. The van der Waals surface area contributed by atoms with Gasteiger partial charge in [0.1, 0.15) is 0 Å². The molecular formula is C10H15AgO2. The summed E-state index contributed by atoms with van der Waals surface area (Å²) in [6.45, 7) is 0. The van der Waals surface area contributed by atoms with Crippen LogP contribution in [0.4, 0.5) is 0 Å². The Kier molecular flexibility index (Phi) is 6.59. The quantitative estimate of drug-likeness (QED) is 0.799. The first-order valence-corrected chi connectivity index (χ1v) is 7.94. The van der Waals surface area contributed by atoms with Gasteiger partial charge in [0, 0.05) is 0 Å². The molecule has 78 valence electrons. The molecule has 0 unspecified atom stereocenters. The van der Waals surface area contributed by atoms with Crippen LogP contribution in [0.2, 0.25) is 15.4 Å². The van der Waals surface area contributed by atoms with Crippen LogP contribution in [0.1, 0.15) is 10.4 Å². The van der Waals surface area contributed by atoms with Crippen LogP contribution in [0.3, 0.4) is 0 Å². The number of carbonyl (C=O) groups is 1. The van der Waals surface area contributed by atoms with E-state index in [0.29, 0.717) is 5.56 Å². The zero-order valence-electron chi connectivity index (χ0n) is 8.04. The van der Waals surface area contributed by atoms with Gasteiger partial charge < -0.3 is 5.11 Å². The molecule has 0 atom stereocenters. The number of hydrogen-bond donors (Lipinski definition) is 1. The molecule has 0 bridgehead atoms. The Morgan fingerprint density at radius 2 is 1.54 bits per heavy atom. The van der Waals surface area contributed by atoms with Crippen molar-refractivity contribution in [2.24, 2.45) is 0 Å². The van der Waals surface area contributed by atoms with Gasteiger partial charge in [-0.15, -0.1) is 0 Å². The number of benzene rings is 1. The van der Waals surface area contributed by atoms with Crippen molar-refractivity contribution >= 4 is 5.97 Å². The molecule has 13 heavy (non-hydrogen) atoms. The van der Waals surface area contributed by atoms with E-state index in [0.717, 1.165) is 0 Å². The summed E-state index contributed by atoms with van der Waals surface area (Å²) in [5.41, 5.74) is 0.331. The van der Waals surface area contributed by atoms with Crippen LogP contribution < -0.4 is 0 Å². The Balaban J connectivity index is 0.000000310. The summed E-state index contributed by atoms with van der Waals surface area (Å²) in [6, 6.07) is 8.30. The van der Waals surface area contributed by atoms with Gasteiger partial charge in [0.05, 0.1) is 5.56 Å². The number of carboxylic acids is 1. The molecule has 1 aromatic rings. The normalized spacial score (nSPS) is 9.62. The predicted molar refractivity (Wildman–Crippen MR) is 51.0 cm³/mol. The molecule has 0 spiro atoms. The van der Waals surface area contributed by atoms with E-state index in [4.69, 9.17) is 5.11 Å². The van der Waals surface area contributed by atoms with Gasteiger partial charge in [-0.05, 0) is 12.1 Å². The van der Waals surface area contributed by atoms with Crippen molar-refractivity contribution in [2.45, 2.75) is 15.4 Å². The second-order valence-corrected chi connectivity index (χ2v) is 7.02. The first kappa shape index (κ1) is 12.4. The molecular weight excluding hydrogens is 260 g/mol.